The fraction of sp³-hybridized carbons (Fsp3) is 0.158. The number of nitrogens with one attached hydrogen (secondary N) is 1. The fourth-order valence-electron chi connectivity index (χ4n) is 2.51. The maximum absolute atomic E-state index is 12.5. The summed E-state index contributed by atoms with van der Waals surface area (Å²) in [5.74, 6) is -0.241. The van der Waals surface area contributed by atoms with Crippen molar-refractivity contribution in [3.8, 4) is 5.75 Å². The van der Waals surface area contributed by atoms with E-state index in [1.807, 2.05) is 30.3 Å². The van der Waals surface area contributed by atoms with Crippen LogP contribution < -0.4 is 10.1 Å². The summed E-state index contributed by atoms with van der Waals surface area (Å²) >= 11 is 0. The molecule has 0 fully saturated rings. The number of hydrogen-bond acceptors (Lipinski definition) is 5. The number of anilines is 1. The molecule has 0 saturated heterocycles. The van der Waals surface area contributed by atoms with Gasteiger partial charge in [-0.1, -0.05) is 42.5 Å². The van der Waals surface area contributed by atoms with E-state index >= 15 is 0 Å². The molecular weight excluding hydrogens is 320 g/mol. The van der Waals surface area contributed by atoms with Gasteiger partial charge in [-0.25, -0.2) is 0 Å². The first-order valence-electron chi connectivity index (χ1n) is 7.90. The Kier molecular flexibility index (Phi) is 5.11. The van der Waals surface area contributed by atoms with Gasteiger partial charge in [0.15, 0.2) is 0 Å². The van der Waals surface area contributed by atoms with E-state index in [0.29, 0.717) is 11.4 Å². The lowest BCUT2D eigenvalue weighted by atomic mass is 10.2. The molecule has 25 heavy (non-hydrogen) atoms. The lowest BCUT2D eigenvalue weighted by molar-refractivity contribution is -0.137. The van der Waals surface area contributed by atoms with Crippen LogP contribution in [0.15, 0.2) is 66.4 Å². The van der Waals surface area contributed by atoms with E-state index < -0.39 is 0 Å². The third-order valence-electron chi connectivity index (χ3n) is 3.70. The number of amides is 2. The van der Waals surface area contributed by atoms with Gasteiger partial charge in [-0.2, -0.15) is 0 Å². The summed E-state index contributed by atoms with van der Waals surface area (Å²) in [6, 6.07) is 16.4. The summed E-state index contributed by atoms with van der Waals surface area (Å²) in [6.07, 6.45) is 1.29. The predicted octanol–water partition coefficient (Wildman–Crippen LogP) is 1.92. The van der Waals surface area contributed by atoms with Crippen molar-refractivity contribution in [3.63, 3.8) is 0 Å². The van der Waals surface area contributed by atoms with Crippen LogP contribution >= 0.6 is 0 Å². The van der Waals surface area contributed by atoms with Crippen LogP contribution in [-0.2, 0) is 16.1 Å². The van der Waals surface area contributed by atoms with Crippen molar-refractivity contribution in [3.05, 3.63) is 71.9 Å². The lowest BCUT2D eigenvalue weighted by Gasteiger charge is -2.16. The van der Waals surface area contributed by atoms with Crippen molar-refractivity contribution in [2.24, 2.45) is 0 Å². The highest BCUT2D eigenvalue weighted by atomic mass is 16.5. The Balaban J connectivity index is 1.73. The Bertz CT molecular complexity index is 802. The van der Waals surface area contributed by atoms with Crippen LogP contribution in [0.2, 0.25) is 0 Å². The first-order valence-corrected chi connectivity index (χ1v) is 7.90. The van der Waals surface area contributed by atoms with Crippen molar-refractivity contribution < 1.29 is 19.4 Å². The highest BCUT2D eigenvalue weighted by Gasteiger charge is 2.31. The number of nitrogens with zero attached hydrogens (tertiary/aromatic N) is 1. The van der Waals surface area contributed by atoms with Gasteiger partial charge in [0.1, 0.15) is 18.1 Å². The molecule has 0 saturated carbocycles. The summed E-state index contributed by atoms with van der Waals surface area (Å²) in [5.41, 5.74) is 1.64. The lowest BCUT2D eigenvalue weighted by Crippen LogP contribution is -2.31. The molecule has 2 aromatic rings. The standard InChI is InChI=1S/C19H18N2O4/c22-10-11-25-17-9-5-4-8-15(17)20-16-12-18(23)21(19(16)24)13-14-6-2-1-3-7-14/h1-9,12,20,22H,10-11,13H2. The molecule has 2 N–H and O–H groups in total. The number of carbonyl (C=O) groups excluding carboxylic acids is 2. The Morgan fingerprint density at radius 2 is 1.72 bits per heavy atom. The summed E-state index contributed by atoms with van der Waals surface area (Å²) in [4.78, 5) is 25.9. The largest absolute Gasteiger partial charge is 0.489 e. The zero-order valence-corrected chi connectivity index (χ0v) is 13.5. The van der Waals surface area contributed by atoms with Crippen LogP contribution in [-0.4, -0.2) is 35.0 Å². The summed E-state index contributed by atoms with van der Waals surface area (Å²) in [7, 11) is 0. The molecule has 0 bridgehead atoms. The van der Waals surface area contributed by atoms with E-state index in [2.05, 4.69) is 5.32 Å². The monoisotopic (exact) mass is 338 g/mol. The Morgan fingerprint density at radius 1 is 1.00 bits per heavy atom. The summed E-state index contributed by atoms with van der Waals surface area (Å²) in [6.45, 7) is 0.257. The molecule has 3 rings (SSSR count). The summed E-state index contributed by atoms with van der Waals surface area (Å²) in [5, 5.41) is 11.8. The second kappa shape index (κ2) is 7.63. The van der Waals surface area contributed by atoms with Gasteiger partial charge in [-0.15, -0.1) is 0 Å². The molecule has 0 aromatic heterocycles. The molecule has 2 aromatic carbocycles. The number of hydrogen-bond donors (Lipinski definition) is 2. The molecule has 2 amide bonds. The second-order valence-corrected chi connectivity index (χ2v) is 5.47. The smallest absolute Gasteiger partial charge is 0.277 e. The Hall–Kier alpha value is -3.12. The van der Waals surface area contributed by atoms with Gasteiger partial charge in [-0.05, 0) is 17.7 Å². The zero-order valence-electron chi connectivity index (χ0n) is 13.5. The quantitative estimate of drug-likeness (QED) is 0.754. The topological polar surface area (TPSA) is 78.9 Å². The second-order valence-electron chi connectivity index (χ2n) is 5.47. The van der Waals surface area contributed by atoms with Crippen LogP contribution in [0.5, 0.6) is 5.75 Å². The predicted molar refractivity (Wildman–Crippen MR) is 92.7 cm³/mol. The molecule has 1 aliphatic rings. The number of imide groups is 1. The van der Waals surface area contributed by atoms with Crippen molar-refractivity contribution in [2.75, 3.05) is 18.5 Å². The molecule has 0 aliphatic carbocycles. The Morgan fingerprint density at radius 3 is 2.48 bits per heavy atom. The van der Waals surface area contributed by atoms with E-state index in [4.69, 9.17) is 9.84 Å². The van der Waals surface area contributed by atoms with Crippen molar-refractivity contribution in [2.45, 2.75) is 6.54 Å². The maximum atomic E-state index is 12.5. The molecule has 0 radical (unpaired) electrons. The number of aliphatic hydroxyl groups is 1. The van der Waals surface area contributed by atoms with Crippen LogP contribution in [0, 0.1) is 0 Å². The van der Waals surface area contributed by atoms with Crippen molar-refractivity contribution in [1.29, 1.82) is 0 Å². The van der Waals surface area contributed by atoms with Crippen molar-refractivity contribution in [1.82, 2.24) is 4.90 Å². The molecule has 6 nitrogen and oxygen atoms in total. The molecule has 1 aliphatic heterocycles. The minimum absolute atomic E-state index is 0.112. The van der Waals surface area contributed by atoms with E-state index in [-0.39, 0.29) is 37.3 Å². The average molecular weight is 338 g/mol. The van der Waals surface area contributed by atoms with Crippen LogP contribution in [0.25, 0.3) is 0 Å². The number of ether oxygens (including phenoxy) is 1. The highest BCUT2D eigenvalue weighted by molar-refractivity contribution is 6.17. The number of carbonyl (C=O) groups is 2. The zero-order chi connectivity index (χ0) is 17.6. The van der Waals surface area contributed by atoms with Gasteiger partial charge in [0, 0.05) is 6.08 Å². The molecule has 1 heterocycles. The molecule has 128 valence electrons. The molecule has 0 unspecified atom stereocenters. The number of rotatable bonds is 7. The molecule has 6 heteroatoms. The van der Waals surface area contributed by atoms with Gasteiger partial charge in [0.25, 0.3) is 11.8 Å². The van der Waals surface area contributed by atoms with Gasteiger partial charge < -0.3 is 15.2 Å². The van der Waals surface area contributed by atoms with Gasteiger partial charge in [0.2, 0.25) is 0 Å². The van der Waals surface area contributed by atoms with E-state index in [9.17, 15) is 9.59 Å². The van der Waals surface area contributed by atoms with Crippen molar-refractivity contribution >= 4 is 17.5 Å². The maximum Gasteiger partial charge on any atom is 0.277 e. The SMILES string of the molecule is O=C1C=C(Nc2ccccc2OCCO)C(=O)N1Cc1ccccc1. The minimum Gasteiger partial charge on any atom is -0.489 e. The van der Waals surface area contributed by atoms with Gasteiger partial charge in [0.05, 0.1) is 18.8 Å². The van der Waals surface area contributed by atoms with E-state index in [0.717, 1.165) is 5.56 Å². The van der Waals surface area contributed by atoms with Gasteiger partial charge >= 0.3 is 0 Å². The highest BCUT2D eigenvalue weighted by Crippen LogP contribution is 2.27. The third-order valence-corrected chi connectivity index (χ3v) is 3.70. The van der Waals surface area contributed by atoms with Crippen LogP contribution in [0.4, 0.5) is 5.69 Å². The number of para-hydroxylation sites is 2. The molecule has 0 spiro atoms. The van der Waals surface area contributed by atoms with Crippen LogP contribution in [0.1, 0.15) is 5.56 Å². The normalized spacial score (nSPS) is 13.8. The fourth-order valence-corrected chi connectivity index (χ4v) is 2.51. The number of benzene rings is 2. The molecular formula is C19H18N2O4. The summed E-state index contributed by atoms with van der Waals surface area (Å²) < 4.78 is 5.43. The first kappa shape index (κ1) is 16.7. The Labute approximate surface area is 145 Å². The third kappa shape index (κ3) is 3.87. The van der Waals surface area contributed by atoms with Gasteiger partial charge in [-0.3, -0.25) is 14.5 Å². The van der Waals surface area contributed by atoms with E-state index in [1.54, 1.807) is 24.3 Å². The number of aliphatic hydroxyl groups excluding tert-OH is 1. The molecule has 0 atom stereocenters. The minimum atomic E-state index is -0.384. The first-order chi connectivity index (χ1) is 12.2. The van der Waals surface area contributed by atoms with E-state index in [1.165, 1.54) is 11.0 Å². The average Bonchev–Trinajstić information content (AvgIpc) is 2.89. The van der Waals surface area contributed by atoms with Crippen LogP contribution in [0.3, 0.4) is 0 Å².